The summed E-state index contributed by atoms with van der Waals surface area (Å²) in [5.41, 5.74) is 11.0. The van der Waals surface area contributed by atoms with Crippen LogP contribution in [0.3, 0.4) is 0 Å². The average molecular weight is 664 g/mol. The highest BCUT2D eigenvalue weighted by molar-refractivity contribution is 6.31. The van der Waals surface area contributed by atoms with E-state index in [-0.39, 0.29) is 0 Å². The minimum absolute atomic E-state index is 0.800. The highest BCUT2D eigenvalue weighted by Crippen LogP contribution is 2.45. The lowest BCUT2D eigenvalue weighted by Gasteiger charge is -2.15. The van der Waals surface area contributed by atoms with Crippen molar-refractivity contribution in [1.29, 1.82) is 0 Å². The van der Waals surface area contributed by atoms with E-state index in [9.17, 15) is 0 Å². The van der Waals surface area contributed by atoms with Gasteiger partial charge < -0.3 is 0 Å². The summed E-state index contributed by atoms with van der Waals surface area (Å²) >= 11 is 0. The van der Waals surface area contributed by atoms with E-state index >= 15 is 0 Å². The maximum atomic E-state index is 5.50. The molecule has 4 aromatic heterocycles. The summed E-state index contributed by atoms with van der Waals surface area (Å²) in [4.78, 5) is 16.1. The highest BCUT2D eigenvalue weighted by atomic mass is 15.1. The van der Waals surface area contributed by atoms with E-state index in [4.69, 9.17) is 15.0 Å². The van der Waals surface area contributed by atoms with Gasteiger partial charge in [-0.1, -0.05) is 146 Å². The van der Waals surface area contributed by atoms with Crippen molar-refractivity contribution in [3.05, 3.63) is 176 Å². The van der Waals surface area contributed by atoms with Crippen LogP contribution in [-0.4, -0.2) is 23.9 Å². The van der Waals surface area contributed by atoms with Crippen LogP contribution in [0.2, 0.25) is 0 Å². The molecule has 0 fully saturated rings. The quantitative estimate of drug-likeness (QED) is 0.176. The maximum absolute atomic E-state index is 5.50. The summed E-state index contributed by atoms with van der Waals surface area (Å²) in [5.74, 6) is 1.72. The van der Waals surface area contributed by atoms with E-state index in [2.05, 4.69) is 155 Å². The molecule has 0 aliphatic heterocycles. The first-order chi connectivity index (χ1) is 25.8. The fraction of sp³-hybridized carbons (Fsp3) is 0. The largest absolute Gasteiger partial charge is 0.292 e. The summed E-state index contributed by atoms with van der Waals surface area (Å²) in [7, 11) is 0. The van der Waals surface area contributed by atoms with Crippen LogP contribution in [0.25, 0.3) is 99.8 Å². The molecule has 0 unspecified atom stereocenters. The summed E-state index contributed by atoms with van der Waals surface area (Å²) in [6.45, 7) is 0. The van der Waals surface area contributed by atoms with Gasteiger partial charge in [-0.25, -0.2) is 15.0 Å². The zero-order valence-corrected chi connectivity index (χ0v) is 28.0. The third-order valence-electron chi connectivity index (χ3n) is 10.3. The van der Waals surface area contributed by atoms with Gasteiger partial charge in [0.25, 0.3) is 0 Å². The molecule has 7 aromatic carbocycles. The molecule has 0 N–H and O–H groups in total. The van der Waals surface area contributed by atoms with Crippen molar-refractivity contribution in [2.75, 3.05) is 0 Å². The lowest BCUT2D eigenvalue weighted by molar-refractivity contribution is 1.08. The van der Waals surface area contributed by atoms with E-state index in [1.165, 1.54) is 10.8 Å². The van der Waals surface area contributed by atoms with Crippen LogP contribution in [0, 0.1) is 0 Å². The monoisotopic (exact) mass is 663 g/mol. The minimum Gasteiger partial charge on any atom is -0.292 e. The minimum atomic E-state index is 0.800. The van der Waals surface area contributed by atoms with Gasteiger partial charge in [-0.3, -0.25) is 8.97 Å². The summed E-state index contributed by atoms with van der Waals surface area (Å²) in [5, 5.41) is 5.83. The Balaban J connectivity index is 1.38. The third kappa shape index (κ3) is 4.14. The van der Waals surface area contributed by atoms with Gasteiger partial charge in [0.1, 0.15) is 11.5 Å². The van der Waals surface area contributed by atoms with Crippen molar-refractivity contribution in [1.82, 2.24) is 23.9 Å². The molecule has 0 aliphatic rings. The molecule has 4 heterocycles. The molecular weight excluding hydrogens is 635 g/mol. The van der Waals surface area contributed by atoms with Gasteiger partial charge in [0.05, 0.1) is 38.8 Å². The number of hydrogen-bond donors (Lipinski definition) is 0. The van der Waals surface area contributed by atoms with E-state index < -0.39 is 0 Å². The molecule has 0 amide bonds. The molecule has 0 radical (unpaired) electrons. The number of aromatic nitrogens is 5. The van der Waals surface area contributed by atoms with Gasteiger partial charge in [-0.05, 0) is 35.7 Å². The fourth-order valence-corrected chi connectivity index (χ4v) is 8.06. The van der Waals surface area contributed by atoms with Gasteiger partial charge in [0.15, 0.2) is 5.82 Å². The Bertz CT molecular complexity index is 3160. The van der Waals surface area contributed by atoms with Crippen LogP contribution < -0.4 is 0 Å². The van der Waals surface area contributed by atoms with E-state index in [1.54, 1.807) is 0 Å². The van der Waals surface area contributed by atoms with Crippen LogP contribution >= 0.6 is 0 Å². The molecule has 242 valence electrons. The van der Waals surface area contributed by atoms with Crippen molar-refractivity contribution in [2.24, 2.45) is 0 Å². The van der Waals surface area contributed by atoms with Crippen LogP contribution in [0.1, 0.15) is 0 Å². The van der Waals surface area contributed by atoms with Gasteiger partial charge in [0, 0.05) is 38.2 Å². The molecule has 0 aliphatic carbocycles. The smallest absolute Gasteiger partial charge is 0.165 e. The summed E-state index contributed by atoms with van der Waals surface area (Å²) < 4.78 is 4.69. The van der Waals surface area contributed by atoms with Crippen LogP contribution in [0.15, 0.2) is 176 Å². The van der Waals surface area contributed by atoms with Crippen molar-refractivity contribution < 1.29 is 0 Å². The first-order valence-corrected chi connectivity index (χ1v) is 17.6. The summed E-state index contributed by atoms with van der Waals surface area (Å²) in [6, 6.07) is 61.6. The van der Waals surface area contributed by atoms with Gasteiger partial charge in [0.2, 0.25) is 0 Å². The molecule has 11 rings (SSSR count). The molecule has 0 atom stereocenters. The topological polar surface area (TPSA) is 48.0 Å². The van der Waals surface area contributed by atoms with Gasteiger partial charge >= 0.3 is 0 Å². The summed E-state index contributed by atoms with van der Waals surface area (Å²) in [6.07, 6.45) is 0. The zero-order chi connectivity index (χ0) is 34.2. The average Bonchev–Trinajstić information content (AvgIpc) is 3.79. The van der Waals surface area contributed by atoms with Crippen LogP contribution in [0.4, 0.5) is 0 Å². The predicted octanol–water partition coefficient (Wildman–Crippen LogP) is 11.7. The maximum Gasteiger partial charge on any atom is 0.165 e. The second-order valence-electron chi connectivity index (χ2n) is 13.2. The first kappa shape index (κ1) is 28.7. The van der Waals surface area contributed by atoms with Crippen molar-refractivity contribution in [3.63, 3.8) is 0 Å². The fourth-order valence-electron chi connectivity index (χ4n) is 8.06. The molecule has 0 saturated carbocycles. The van der Waals surface area contributed by atoms with Crippen molar-refractivity contribution in [2.45, 2.75) is 0 Å². The zero-order valence-electron chi connectivity index (χ0n) is 28.0. The third-order valence-corrected chi connectivity index (χ3v) is 10.3. The number of nitrogens with zero attached hydrogens (tertiary/aromatic N) is 5. The lowest BCUT2D eigenvalue weighted by Crippen LogP contribution is -2.03. The Kier molecular flexibility index (Phi) is 6.18. The number of hydrogen-bond acceptors (Lipinski definition) is 3. The molecule has 5 nitrogen and oxygen atoms in total. The number of rotatable bonds is 4. The molecule has 11 aromatic rings. The number of imidazole rings is 1. The van der Waals surface area contributed by atoms with Crippen molar-refractivity contribution in [3.8, 4) is 39.7 Å². The molecule has 52 heavy (non-hydrogen) atoms. The second kappa shape index (κ2) is 11.2. The van der Waals surface area contributed by atoms with Crippen LogP contribution in [0.5, 0.6) is 0 Å². The normalized spacial score (nSPS) is 11.8. The highest BCUT2D eigenvalue weighted by Gasteiger charge is 2.25. The van der Waals surface area contributed by atoms with Gasteiger partial charge in [-0.15, -0.1) is 0 Å². The molecule has 0 saturated heterocycles. The molecule has 0 bridgehead atoms. The van der Waals surface area contributed by atoms with Gasteiger partial charge in [-0.2, -0.15) is 0 Å². The SMILES string of the molecule is c1ccc(-c2nc3ccccc3nc2-n2c3ccccc3c3c4c(ccc32)c2ccccc2n2c(-c3ccccc3)nc(-c3ccccc3)c42)cc1. The molecule has 0 spiro atoms. The Hall–Kier alpha value is -7.11. The number of benzene rings is 7. The Morgan fingerprint density at radius 2 is 0.904 bits per heavy atom. The van der Waals surface area contributed by atoms with E-state index in [0.29, 0.717) is 0 Å². The standard InChI is InChI=1S/C47H29N5/c1-4-16-30(17-5-1)43-45-42-34(33-22-10-14-26-38(33)52(45)46(50-43)32-20-8-3-9-21-32)28-29-40-41(42)35-23-11-15-27-39(35)51(40)47-44(31-18-6-2-7-19-31)48-36-24-12-13-25-37(36)49-47/h1-29H. The lowest BCUT2D eigenvalue weighted by atomic mass is 9.98. The van der Waals surface area contributed by atoms with E-state index in [1.807, 2.05) is 30.3 Å². The first-order valence-electron chi connectivity index (χ1n) is 17.6. The van der Waals surface area contributed by atoms with Crippen molar-refractivity contribution >= 4 is 60.0 Å². The number of fused-ring (bicyclic) bond motifs is 11. The van der Waals surface area contributed by atoms with E-state index in [0.717, 1.165) is 89.0 Å². The molecule has 5 heteroatoms. The van der Waals surface area contributed by atoms with Crippen LogP contribution in [-0.2, 0) is 0 Å². The Morgan fingerprint density at radius 3 is 1.62 bits per heavy atom. The Morgan fingerprint density at radius 1 is 0.346 bits per heavy atom. The molecular formula is C47H29N5. The second-order valence-corrected chi connectivity index (χ2v) is 13.2. The number of para-hydroxylation sites is 4. The predicted molar refractivity (Wildman–Crippen MR) is 214 cm³/mol. The Labute approximate surface area is 298 Å². The number of pyridine rings is 1.